The van der Waals surface area contributed by atoms with Gasteiger partial charge in [0, 0.05) is 52.4 Å². The molecule has 2 heterocycles. The van der Waals surface area contributed by atoms with Crippen molar-refractivity contribution in [3.05, 3.63) is 126 Å². The van der Waals surface area contributed by atoms with Crippen molar-refractivity contribution in [3.8, 4) is 0 Å². The van der Waals surface area contributed by atoms with Crippen LogP contribution in [0.5, 0.6) is 0 Å². The van der Waals surface area contributed by atoms with Gasteiger partial charge in [0.15, 0.2) is 5.71 Å². The van der Waals surface area contributed by atoms with Crippen LogP contribution in [0.1, 0.15) is 52.7 Å². The number of likely N-dealkylation sites (N-methyl/N-ethyl adjacent to an activating group) is 1. The summed E-state index contributed by atoms with van der Waals surface area (Å²) in [5.41, 5.74) is 10.0. The van der Waals surface area contributed by atoms with Gasteiger partial charge >= 0.3 is 0 Å². The lowest BCUT2D eigenvalue weighted by molar-refractivity contribution is -0.433. The fourth-order valence-corrected chi connectivity index (χ4v) is 6.13. The normalized spacial score (nSPS) is 18.8. The molecule has 38 heavy (non-hydrogen) atoms. The highest BCUT2D eigenvalue weighted by Crippen LogP contribution is 2.47. The topological polar surface area (TPSA) is 18.3 Å². The molecule has 0 atom stereocenters. The van der Waals surface area contributed by atoms with E-state index in [1.54, 1.807) is 0 Å². The van der Waals surface area contributed by atoms with Crippen molar-refractivity contribution in [2.75, 3.05) is 23.3 Å². The highest BCUT2D eigenvalue weighted by atomic mass is 15.2. The number of hydrogen-bond donors (Lipinski definition) is 1. The van der Waals surface area contributed by atoms with Crippen molar-refractivity contribution in [2.24, 2.45) is 0 Å². The molecule has 194 valence electrons. The zero-order chi connectivity index (χ0) is 26.9. The minimum Gasteiger partial charge on any atom is -0.355 e. The van der Waals surface area contributed by atoms with Crippen LogP contribution in [0.15, 0.2) is 115 Å². The van der Waals surface area contributed by atoms with Crippen LogP contribution in [0.3, 0.4) is 0 Å². The molecule has 3 nitrogen and oxygen atoms in total. The highest BCUT2D eigenvalue weighted by Gasteiger charge is 2.43. The van der Waals surface area contributed by atoms with E-state index in [4.69, 9.17) is 0 Å². The van der Waals surface area contributed by atoms with Gasteiger partial charge < -0.3 is 10.2 Å². The molecular weight excluding hydrogens is 462 g/mol. The number of nitrogens with one attached hydrogen (secondary N) is 1. The summed E-state index contributed by atoms with van der Waals surface area (Å²) in [4.78, 5) is 2.45. The van der Waals surface area contributed by atoms with Gasteiger partial charge in [-0.05, 0) is 63.6 Å². The number of allylic oxidation sites excluding steroid dienone is 5. The maximum Gasteiger partial charge on any atom is 0.209 e. The molecule has 3 heteroatoms. The Balaban J connectivity index is 1.57. The Hall–Kier alpha value is -3.85. The van der Waals surface area contributed by atoms with Gasteiger partial charge in [0.25, 0.3) is 0 Å². The second-order valence-corrected chi connectivity index (χ2v) is 11.2. The minimum absolute atomic E-state index is 0.0451. The summed E-state index contributed by atoms with van der Waals surface area (Å²) < 4.78 is 2.44. The van der Waals surface area contributed by atoms with E-state index < -0.39 is 0 Å². The standard InChI is InChI=1S/C35H39N3/c1-7-37-30-22-14-12-20-28(30)34(3,4)32(37)24-16-19-27(36-26-17-10-9-11-18-26)25-33-35(5,6)29-21-13-15-23-31(29)38(33)8-2/h9-25H,7-8H2,1-6H3/p+1/b33-25+. The zero-order valence-electron chi connectivity index (χ0n) is 23.6. The third kappa shape index (κ3) is 4.41. The first kappa shape index (κ1) is 25.8. The van der Waals surface area contributed by atoms with Crippen LogP contribution >= 0.6 is 0 Å². The molecule has 0 saturated carbocycles. The van der Waals surface area contributed by atoms with E-state index in [0.717, 1.165) is 24.5 Å². The number of anilines is 2. The lowest BCUT2D eigenvalue weighted by atomic mass is 9.81. The van der Waals surface area contributed by atoms with Crippen LogP contribution in [0.25, 0.3) is 0 Å². The monoisotopic (exact) mass is 502 g/mol. The molecule has 0 aliphatic carbocycles. The molecule has 0 radical (unpaired) electrons. The summed E-state index contributed by atoms with van der Waals surface area (Å²) in [5.74, 6) is 0. The van der Waals surface area contributed by atoms with E-state index in [9.17, 15) is 0 Å². The smallest absolute Gasteiger partial charge is 0.209 e. The quantitative estimate of drug-likeness (QED) is 0.258. The second kappa shape index (κ2) is 10.1. The van der Waals surface area contributed by atoms with Crippen molar-refractivity contribution >= 4 is 22.8 Å². The molecule has 0 spiro atoms. The zero-order valence-corrected chi connectivity index (χ0v) is 23.6. The molecule has 2 aliphatic rings. The number of benzene rings is 3. The van der Waals surface area contributed by atoms with Gasteiger partial charge in [0.05, 0.1) is 5.41 Å². The number of fused-ring (bicyclic) bond motifs is 2. The molecule has 1 N–H and O–H groups in total. The fourth-order valence-electron chi connectivity index (χ4n) is 6.13. The van der Waals surface area contributed by atoms with Crippen molar-refractivity contribution in [2.45, 2.75) is 52.4 Å². The van der Waals surface area contributed by atoms with Crippen LogP contribution in [-0.2, 0) is 10.8 Å². The molecule has 0 aromatic heterocycles. The van der Waals surface area contributed by atoms with Gasteiger partial charge in [0.2, 0.25) is 5.69 Å². The maximum atomic E-state index is 3.69. The van der Waals surface area contributed by atoms with Crippen LogP contribution in [-0.4, -0.2) is 23.4 Å². The molecule has 2 aliphatic heterocycles. The average Bonchev–Trinajstić information content (AvgIpc) is 3.27. The molecule has 5 rings (SSSR count). The lowest BCUT2D eigenvalue weighted by Crippen LogP contribution is -2.27. The fraction of sp³-hybridized carbons (Fsp3) is 0.286. The van der Waals surface area contributed by atoms with E-state index >= 15 is 0 Å². The first-order chi connectivity index (χ1) is 18.3. The third-order valence-corrected chi connectivity index (χ3v) is 8.12. The lowest BCUT2D eigenvalue weighted by Gasteiger charge is -2.27. The highest BCUT2D eigenvalue weighted by molar-refractivity contribution is 6.03. The number of rotatable bonds is 7. The largest absolute Gasteiger partial charge is 0.355 e. The molecule has 0 bridgehead atoms. The Kier molecular flexibility index (Phi) is 6.88. The summed E-state index contributed by atoms with van der Waals surface area (Å²) in [6, 6.07) is 28.0. The van der Waals surface area contributed by atoms with E-state index in [1.165, 1.54) is 33.9 Å². The summed E-state index contributed by atoms with van der Waals surface area (Å²) >= 11 is 0. The van der Waals surface area contributed by atoms with Crippen LogP contribution in [0, 0.1) is 0 Å². The van der Waals surface area contributed by atoms with E-state index in [0.29, 0.717) is 0 Å². The average molecular weight is 503 g/mol. The Bertz CT molecular complexity index is 1450. The van der Waals surface area contributed by atoms with Gasteiger partial charge in [-0.25, -0.2) is 0 Å². The SMILES string of the molecule is CCN1/C(=C/C(=CC=CC2=[N+](CC)c3ccccc3C2(C)C)Nc2ccccc2)C(C)(C)c2ccccc21. The Morgan fingerprint density at radius 1 is 0.816 bits per heavy atom. The maximum absolute atomic E-state index is 3.69. The van der Waals surface area contributed by atoms with E-state index in [-0.39, 0.29) is 10.8 Å². The third-order valence-electron chi connectivity index (χ3n) is 8.12. The van der Waals surface area contributed by atoms with Gasteiger partial charge in [-0.1, -0.05) is 74.5 Å². The van der Waals surface area contributed by atoms with Crippen molar-refractivity contribution in [1.82, 2.24) is 0 Å². The van der Waals surface area contributed by atoms with Crippen molar-refractivity contribution < 1.29 is 4.58 Å². The summed E-state index contributed by atoms with van der Waals surface area (Å²) in [6.07, 6.45) is 9.05. The molecule has 3 aromatic carbocycles. The number of hydrogen-bond acceptors (Lipinski definition) is 2. The number of nitrogens with zero attached hydrogens (tertiary/aromatic N) is 2. The predicted molar refractivity (Wildman–Crippen MR) is 163 cm³/mol. The predicted octanol–water partition coefficient (Wildman–Crippen LogP) is 8.34. The Morgan fingerprint density at radius 2 is 1.47 bits per heavy atom. The second-order valence-electron chi connectivity index (χ2n) is 11.2. The van der Waals surface area contributed by atoms with E-state index in [1.807, 2.05) is 0 Å². The van der Waals surface area contributed by atoms with Crippen molar-refractivity contribution in [3.63, 3.8) is 0 Å². The molecule has 0 saturated heterocycles. The summed E-state index contributed by atoms with van der Waals surface area (Å²) in [6.45, 7) is 15.6. The van der Waals surface area contributed by atoms with Gasteiger partial charge in [-0.2, -0.15) is 4.58 Å². The molecule has 3 aromatic rings. The first-order valence-corrected chi connectivity index (χ1v) is 13.8. The summed E-state index contributed by atoms with van der Waals surface area (Å²) in [5, 5.41) is 3.69. The molecular formula is C35H40N3+. The van der Waals surface area contributed by atoms with Gasteiger partial charge in [-0.15, -0.1) is 0 Å². The minimum atomic E-state index is -0.0867. The Labute approximate surface area is 228 Å². The molecule has 0 unspecified atom stereocenters. The van der Waals surface area contributed by atoms with E-state index in [2.05, 4.69) is 160 Å². The first-order valence-electron chi connectivity index (χ1n) is 13.8. The van der Waals surface area contributed by atoms with Crippen molar-refractivity contribution in [1.29, 1.82) is 0 Å². The van der Waals surface area contributed by atoms with Gasteiger partial charge in [-0.3, -0.25) is 0 Å². The van der Waals surface area contributed by atoms with Crippen LogP contribution in [0.2, 0.25) is 0 Å². The molecule has 0 amide bonds. The molecule has 0 fully saturated rings. The van der Waals surface area contributed by atoms with Crippen LogP contribution < -0.4 is 10.2 Å². The Morgan fingerprint density at radius 3 is 2.18 bits per heavy atom. The summed E-state index contributed by atoms with van der Waals surface area (Å²) in [7, 11) is 0. The van der Waals surface area contributed by atoms with Gasteiger partial charge in [0.1, 0.15) is 6.54 Å². The van der Waals surface area contributed by atoms with Crippen LogP contribution in [0.4, 0.5) is 17.1 Å². The number of para-hydroxylation sites is 3.